The highest BCUT2D eigenvalue weighted by molar-refractivity contribution is 6.13. The van der Waals surface area contributed by atoms with Gasteiger partial charge in [0.2, 0.25) is 0 Å². The zero-order chi connectivity index (χ0) is 18.8. The van der Waals surface area contributed by atoms with Gasteiger partial charge in [0.25, 0.3) is 0 Å². The van der Waals surface area contributed by atoms with E-state index in [4.69, 9.17) is 4.99 Å². The van der Waals surface area contributed by atoms with Gasteiger partial charge in [0.05, 0.1) is 11.4 Å². The molecule has 0 atom stereocenters. The lowest BCUT2D eigenvalue weighted by Gasteiger charge is -2.08. The Morgan fingerprint density at radius 1 is 0.926 bits per heavy atom. The highest BCUT2D eigenvalue weighted by Gasteiger charge is 2.19. The van der Waals surface area contributed by atoms with E-state index >= 15 is 0 Å². The van der Waals surface area contributed by atoms with Crippen molar-refractivity contribution in [1.82, 2.24) is 9.97 Å². The summed E-state index contributed by atoms with van der Waals surface area (Å²) in [6, 6.07) is 14.2. The molecule has 0 amide bonds. The summed E-state index contributed by atoms with van der Waals surface area (Å²) in [4.78, 5) is 26.0. The average molecular weight is 355 g/mol. The Hall–Kier alpha value is -3.14. The third-order valence-electron chi connectivity index (χ3n) is 4.94. The first-order valence-corrected chi connectivity index (χ1v) is 9.13. The molecule has 0 saturated carbocycles. The number of benzene rings is 2. The van der Waals surface area contributed by atoms with Crippen molar-refractivity contribution < 1.29 is 4.79 Å². The van der Waals surface area contributed by atoms with Crippen molar-refractivity contribution in [1.29, 1.82) is 0 Å². The Kier molecular flexibility index (Phi) is 4.63. The first-order chi connectivity index (χ1) is 13.1. The van der Waals surface area contributed by atoms with E-state index in [1.165, 1.54) is 11.1 Å². The van der Waals surface area contributed by atoms with Crippen LogP contribution in [0.1, 0.15) is 40.1 Å². The normalized spacial score (nSPS) is 13.7. The van der Waals surface area contributed by atoms with Gasteiger partial charge in [-0.3, -0.25) is 9.79 Å². The van der Waals surface area contributed by atoms with Gasteiger partial charge in [0.15, 0.2) is 0 Å². The second-order valence-electron chi connectivity index (χ2n) is 7.06. The van der Waals surface area contributed by atoms with Crippen molar-refractivity contribution in [2.75, 3.05) is 0 Å². The zero-order valence-electron chi connectivity index (χ0n) is 15.6. The molecule has 0 aliphatic carbocycles. The number of carbonyl (C=O) groups excluding carboxylic acids is 1. The molecular weight excluding hydrogens is 334 g/mol. The second-order valence-corrected chi connectivity index (χ2v) is 7.06. The summed E-state index contributed by atoms with van der Waals surface area (Å²) >= 11 is 0. The van der Waals surface area contributed by atoms with Crippen LogP contribution in [0.4, 0.5) is 5.69 Å². The van der Waals surface area contributed by atoms with Crippen LogP contribution in [0.25, 0.3) is 0 Å². The smallest absolute Gasteiger partial charge is 0.143 e. The Labute approximate surface area is 159 Å². The van der Waals surface area contributed by atoms with E-state index in [9.17, 15) is 4.79 Å². The van der Waals surface area contributed by atoms with Crippen molar-refractivity contribution in [3.63, 3.8) is 0 Å². The van der Waals surface area contributed by atoms with Gasteiger partial charge >= 0.3 is 0 Å². The second kappa shape index (κ2) is 7.23. The van der Waals surface area contributed by atoms with Crippen LogP contribution in [0.15, 0.2) is 59.9 Å². The minimum atomic E-state index is 0.201. The van der Waals surface area contributed by atoms with Gasteiger partial charge in [-0.1, -0.05) is 24.3 Å². The van der Waals surface area contributed by atoms with Crippen molar-refractivity contribution in [2.45, 2.75) is 33.1 Å². The summed E-state index contributed by atoms with van der Waals surface area (Å²) in [6.45, 7) is 4.16. The molecule has 134 valence electrons. The number of Topliss-reactive ketones (excluding diaryl/α,β-unsaturated/α-hetero) is 1. The quantitative estimate of drug-likeness (QED) is 0.703. The lowest BCUT2D eigenvalue weighted by Crippen LogP contribution is -2.09. The number of fused-ring (bicyclic) bond motifs is 1. The maximum atomic E-state index is 12.5. The van der Waals surface area contributed by atoms with E-state index in [0.717, 1.165) is 33.9 Å². The molecule has 4 heteroatoms. The van der Waals surface area contributed by atoms with Crippen LogP contribution in [0, 0.1) is 13.8 Å². The highest BCUT2D eigenvalue weighted by Crippen LogP contribution is 2.29. The monoisotopic (exact) mass is 355 g/mol. The molecule has 27 heavy (non-hydrogen) atoms. The third kappa shape index (κ3) is 3.85. The SMILES string of the molecule is Cc1cc2c(cc1C)N=C(c1cccc(Cc3ncccn3)c1)CC(=O)C2. The minimum Gasteiger partial charge on any atom is -0.299 e. The molecule has 4 nitrogen and oxygen atoms in total. The predicted octanol–water partition coefficient (Wildman–Crippen LogP) is 4.32. The molecule has 1 aliphatic rings. The van der Waals surface area contributed by atoms with E-state index in [1.54, 1.807) is 12.4 Å². The van der Waals surface area contributed by atoms with E-state index in [0.29, 0.717) is 19.3 Å². The van der Waals surface area contributed by atoms with Gasteiger partial charge in [-0.25, -0.2) is 9.97 Å². The minimum absolute atomic E-state index is 0.201. The number of rotatable bonds is 3. The lowest BCUT2D eigenvalue weighted by atomic mass is 9.98. The van der Waals surface area contributed by atoms with Gasteiger partial charge < -0.3 is 0 Å². The highest BCUT2D eigenvalue weighted by atomic mass is 16.1. The van der Waals surface area contributed by atoms with Crippen molar-refractivity contribution in [2.24, 2.45) is 4.99 Å². The van der Waals surface area contributed by atoms with Gasteiger partial charge in [0.1, 0.15) is 11.6 Å². The Bertz CT molecular complexity index is 1040. The van der Waals surface area contributed by atoms with Crippen molar-refractivity contribution in [3.8, 4) is 0 Å². The molecule has 3 aromatic rings. The largest absolute Gasteiger partial charge is 0.299 e. The van der Waals surface area contributed by atoms with Gasteiger partial charge in [-0.2, -0.15) is 0 Å². The van der Waals surface area contributed by atoms with E-state index in [-0.39, 0.29) is 5.78 Å². The Morgan fingerprint density at radius 2 is 1.70 bits per heavy atom. The van der Waals surface area contributed by atoms with Crippen LogP contribution in [0.5, 0.6) is 0 Å². The van der Waals surface area contributed by atoms with Gasteiger partial charge in [-0.15, -0.1) is 0 Å². The maximum absolute atomic E-state index is 12.5. The summed E-state index contributed by atoms with van der Waals surface area (Å²) in [5.74, 6) is 0.984. The molecule has 0 N–H and O–H groups in total. The summed E-state index contributed by atoms with van der Waals surface area (Å²) in [6.07, 6.45) is 4.97. The maximum Gasteiger partial charge on any atom is 0.143 e. The Balaban J connectivity index is 1.71. The number of carbonyl (C=O) groups is 1. The lowest BCUT2D eigenvalue weighted by molar-refractivity contribution is -0.117. The predicted molar refractivity (Wildman–Crippen MR) is 107 cm³/mol. The summed E-state index contributed by atoms with van der Waals surface area (Å²) in [5.41, 5.74) is 7.26. The van der Waals surface area contributed by atoms with Crippen LogP contribution >= 0.6 is 0 Å². The number of hydrogen-bond donors (Lipinski definition) is 0. The number of aryl methyl sites for hydroxylation is 2. The molecule has 0 bridgehead atoms. The zero-order valence-corrected chi connectivity index (χ0v) is 15.6. The molecule has 2 heterocycles. The van der Waals surface area contributed by atoms with E-state index in [1.807, 2.05) is 18.2 Å². The number of ketones is 1. The molecule has 0 unspecified atom stereocenters. The van der Waals surface area contributed by atoms with Crippen LogP contribution in [-0.4, -0.2) is 21.5 Å². The molecule has 0 spiro atoms. The van der Waals surface area contributed by atoms with E-state index < -0.39 is 0 Å². The molecule has 1 aliphatic heterocycles. The van der Waals surface area contributed by atoms with Crippen molar-refractivity contribution in [3.05, 3.63) is 88.5 Å². The number of aromatic nitrogens is 2. The van der Waals surface area contributed by atoms with E-state index in [2.05, 4.69) is 48.1 Å². The number of aliphatic imine (C=N–C) groups is 1. The molecular formula is C23H21N3O. The molecule has 0 saturated heterocycles. The summed E-state index contributed by atoms with van der Waals surface area (Å²) in [5, 5.41) is 0. The molecule has 4 rings (SSSR count). The van der Waals surface area contributed by atoms with Crippen LogP contribution in [0.3, 0.4) is 0 Å². The molecule has 2 aromatic carbocycles. The van der Waals surface area contributed by atoms with Crippen molar-refractivity contribution >= 4 is 17.2 Å². The summed E-state index contributed by atoms with van der Waals surface area (Å²) < 4.78 is 0. The fourth-order valence-electron chi connectivity index (χ4n) is 3.38. The topological polar surface area (TPSA) is 55.2 Å². The third-order valence-corrected chi connectivity index (χ3v) is 4.94. The first kappa shape index (κ1) is 17.3. The first-order valence-electron chi connectivity index (χ1n) is 9.13. The number of hydrogen-bond acceptors (Lipinski definition) is 4. The molecule has 0 fully saturated rings. The molecule has 0 radical (unpaired) electrons. The van der Waals surface area contributed by atoms with Crippen LogP contribution < -0.4 is 0 Å². The number of nitrogens with zero attached hydrogens (tertiary/aromatic N) is 3. The fraction of sp³-hybridized carbons (Fsp3) is 0.217. The van der Waals surface area contributed by atoms with Gasteiger partial charge in [-0.05, 0) is 59.9 Å². The summed E-state index contributed by atoms with van der Waals surface area (Å²) in [7, 11) is 0. The fourth-order valence-corrected chi connectivity index (χ4v) is 3.38. The molecule has 1 aromatic heterocycles. The standard InChI is InChI=1S/C23H21N3O/c1-15-9-19-13-20(27)14-22(26-21(19)10-16(15)2)18-6-3-5-17(11-18)12-23-24-7-4-8-25-23/h3-11H,12-14H2,1-2H3. The Morgan fingerprint density at radius 3 is 2.52 bits per heavy atom. The average Bonchev–Trinajstić information content (AvgIpc) is 2.81. The van der Waals surface area contributed by atoms with Gasteiger partial charge in [0, 0.05) is 31.7 Å². The van der Waals surface area contributed by atoms with Crippen LogP contribution in [0.2, 0.25) is 0 Å². The van der Waals surface area contributed by atoms with Crippen LogP contribution in [-0.2, 0) is 17.6 Å².